The Morgan fingerprint density at radius 3 is 2.55 bits per heavy atom. The number of hydrazine groups is 1. The number of nitrogens with zero attached hydrogens (tertiary/aromatic N) is 4. The molecule has 1 amide bonds. The topological polar surface area (TPSA) is 121 Å². The van der Waals surface area contributed by atoms with Gasteiger partial charge in [0.25, 0.3) is 0 Å². The van der Waals surface area contributed by atoms with Gasteiger partial charge < -0.3 is 15.5 Å². The van der Waals surface area contributed by atoms with Gasteiger partial charge in [-0.25, -0.2) is 5.84 Å². The van der Waals surface area contributed by atoms with E-state index in [-0.39, 0.29) is 18.4 Å². The van der Waals surface area contributed by atoms with Crippen molar-refractivity contribution in [1.29, 1.82) is 0 Å². The molecule has 1 aliphatic heterocycles. The smallest absolute Gasteiger partial charge is 0.243 e. The molecule has 9 nitrogen and oxygen atoms in total. The van der Waals surface area contributed by atoms with Crippen LogP contribution < -0.4 is 26.8 Å². The predicted octanol–water partition coefficient (Wildman–Crippen LogP) is -0.695. The first kappa shape index (κ1) is 14.3. The van der Waals surface area contributed by atoms with E-state index in [1.807, 2.05) is 0 Å². The van der Waals surface area contributed by atoms with E-state index < -0.39 is 0 Å². The van der Waals surface area contributed by atoms with Gasteiger partial charge in [0.15, 0.2) is 0 Å². The predicted molar refractivity (Wildman–Crippen MR) is 76.3 cm³/mol. The van der Waals surface area contributed by atoms with Crippen LogP contribution in [0.1, 0.15) is 19.3 Å². The number of hydrogen-bond donors (Lipinski definition) is 4. The van der Waals surface area contributed by atoms with Gasteiger partial charge in [-0.2, -0.15) is 15.0 Å². The number of aromatic nitrogens is 3. The molecule has 1 aromatic rings. The second-order valence-electron chi connectivity index (χ2n) is 4.50. The Morgan fingerprint density at radius 2 is 1.90 bits per heavy atom. The van der Waals surface area contributed by atoms with E-state index in [0.29, 0.717) is 11.9 Å². The second kappa shape index (κ2) is 6.85. The molecule has 1 aliphatic rings. The van der Waals surface area contributed by atoms with E-state index in [4.69, 9.17) is 5.84 Å². The molecule has 1 saturated heterocycles. The third-order valence-electron chi connectivity index (χ3n) is 3.08. The summed E-state index contributed by atoms with van der Waals surface area (Å²) >= 11 is 0. The summed E-state index contributed by atoms with van der Waals surface area (Å²) < 4.78 is 0. The number of anilines is 3. The van der Waals surface area contributed by atoms with Crippen molar-refractivity contribution < 1.29 is 4.79 Å². The van der Waals surface area contributed by atoms with E-state index in [1.54, 1.807) is 7.05 Å². The summed E-state index contributed by atoms with van der Waals surface area (Å²) in [5.74, 6) is 6.41. The summed E-state index contributed by atoms with van der Waals surface area (Å²) in [6.07, 6.45) is 3.47. The van der Waals surface area contributed by atoms with E-state index in [2.05, 4.69) is 35.9 Å². The Hall–Kier alpha value is -2.16. The van der Waals surface area contributed by atoms with Crippen LogP contribution in [0.2, 0.25) is 0 Å². The minimum atomic E-state index is -0.146. The van der Waals surface area contributed by atoms with Gasteiger partial charge in [-0.15, -0.1) is 0 Å². The molecule has 9 heteroatoms. The zero-order chi connectivity index (χ0) is 14.4. The zero-order valence-corrected chi connectivity index (χ0v) is 11.5. The minimum Gasteiger partial charge on any atom is -0.358 e. The van der Waals surface area contributed by atoms with Crippen LogP contribution in [0.15, 0.2) is 0 Å². The van der Waals surface area contributed by atoms with Crippen LogP contribution in [0.3, 0.4) is 0 Å². The zero-order valence-electron chi connectivity index (χ0n) is 11.5. The molecule has 1 fully saturated rings. The molecule has 20 heavy (non-hydrogen) atoms. The lowest BCUT2D eigenvalue weighted by molar-refractivity contribution is -0.118. The Balaban J connectivity index is 2.12. The molecule has 0 bridgehead atoms. The maximum absolute atomic E-state index is 11.2. The van der Waals surface area contributed by atoms with E-state index in [1.165, 1.54) is 6.42 Å². The maximum Gasteiger partial charge on any atom is 0.243 e. The molecule has 5 N–H and O–H groups in total. The lowest BCUT2D eigenvalue weighted by Crippen LogP contribution is -2.32. The third-order valence-corrected chi connectivity index (χ3v) is 3.08. The summed E-state index contributed by atoms with van der Waals surface area (Å²) in [5, 5.41) is 5.37. The molecule has 0 radical (unpaired) electrons. The van der Waals surface area contributed by atoms with E-state index in [0.717, 1.165) is 25.9 Å². The number of likely N-dealkylation sites (N-methyl/N-ethyl adjacent to an activating group) is 1. The minimum absolute atomic E-state index is 0.101. The fraction of sp³-hybridized carbons (Fsp3) is 0.636. The Labute approximate surface area is 117 Å². The van der Waals surface area contributed by atoms with E-state index in [9.17, 15) is 4.79 Å². The van der Waals surface area contributed by atoms with Crippen molar-refractivity contribution in [2.45, 2.75) is 19.3 Å². The Kier molecular flexibility index (Phi) is 4.88. The van der Waals surface area contributed by atoms with Crippen molar-refractivity contribution in [3.05, 3.63) is 0 Å². The van der Waals surface area contributed by atoms with Crippen molar-refractivity contribution in [3.8, 4) is 0 Å². The number of hydrogen-bond acceptors (Lipinski definition) is 8. The molecule has 110 valence electrons. The highest BCUT2D eigenvalue weighted by Gasteiger charge is 2.16. The Morgan fingerprint density at radius 1 is 1.20 bits per heavy atom. The molecule has 0 aliphatic carbocycles. The molecule has 0 unspecified atom stereocenters. The van der Waals surface area contributed by atoms with E-state index >= 15 is 0 Å². The van der Waals surface area contributed by atoms with Gasteiger partial charge in [0.1, 0.15) is 0 Å². The van der Waals surface area contributed by atoms with Crippen molar-refractivity contribution >= 4 is 23.8 Å². The van der Waals surface area contributed by atoms with Gasteiger partial charge in [0, 0.05) is 20.1 Å². The molecule has 0 atom stereocenters. The summed E-state index contributed by atoms with van der Waals surface area (Å²) in [7, 11) is 1.57. The number of amides is 1. The monoisotopic (exact) mass is 280 g/mol. The van der Waals surface area contributed by atoms with Crippen molar-refractivity contribution in [2.24, 2.45) is 5.84 Å². The van der Waals surface area contributed by atoms with Gasteiger partial charge in [-0.1, -0.05) is 0 Å². The molecule has 0 aromatic carbocycles. The van der Waals surface area contributed by atoms with Gasteiger partial charge in [0.2, 0.25) is 23.8 Å². The molecule has 1 aromatic heterocycles. The fourth-order valence-corrected chi connectivity index (χ4v) is 1.99. The largest absolute Gasteiger partial charge is 0.358 e. The molecular formula is C11H20N8O. The highest BCUT2D eigenvalue weighted by Crippen LogP contribution is 2.17. The Bertz CT molecular complexity index is 460. The molecule has 0 saturated carbocycles. The van der Waals surface area contributed by atoms with Crippen LogP contribution in [-0.4, -0.2) is 47.5 Å². The van der Waals surface area contributed by atoms with Crippen molar-refractivity contribution in [2.75, 3.05) is 42.3 Å². The van der Waals surface area contributed by atoms with Crippen LogP contribution in [-0.2, 0) is 4.79 Å². The van der Waals surface area contributed by atoms with Gasteiger partial charge >= 0.3 is 0 Å². The van der Waals surface area contributed by atoms with Crippen LogP contribution in [0.4, 0.5) is 17.8 Å². The number of nitrogens with two attached hydrogens (primary N) is 1. The van der Waals surface area contributed by atoms with Gasteiger partial charge in [0.05, 0.1) is 6.54 Å². The quantitative estimate of drug-likeness (QED) is 0.413. The second-order valence-corrected chi connectivity index (χ2v) is 4.50. The lowest BCUT2D eigenvalue weighted by Gasteiger charge is -2.26. The molecule has 2 rings (SSSR count). The van der Waals surface area contributed by atoms with Crippen molar-refractivity contribution in [1.82, 2.24) is 20.3 Å². The molecule has 2 heterocycles. The number of rotatable bonds is 5. The summed E-state index contributed by atoms with van der Waals surface area (Å²) in [5.41, 5.74) is 2.42. The van der Waals surface area contributed by atoms with Crippen LogP contribution in [0, 0.1) is 0 Å². The third kappa shape index (κ3) is 3.67. The van der Waals surface area contributed by atoms with Crippen LogP contribution >= 0.6 is 0 Å². The summed E-state index contributed by atoms with van der Waals surface area (Å²) in [6, 6.07) is 0. The first-order valence-electron chi connectivity index (χ1n) is 6.65. The average molecular weight is 280 g/mol. The standard InChI is InChI=1S/C11H20N8O/c1-13-8(20)7-14-9-15-10(18-12)17-11(16-9)19-5-3-2-4-6-19/h2-7,12H2,1H3,(H,13,20)(H2,14,15,16,17,18). The van der Waals surface area contributed by atoms with Gasteiger partial charge in [-0.3, -0.25) is 10.2 Å². The summed E-state index contributed by atoms with van der Waals surface area (Å²) in [6.45, 7) is 1.94. The lowest BCUT2D eigenvalue weighted by atomic mass is 10.1. The number of carbonyl (C=O) groups excluding carboxylic acids is 1. The average Bonchev–Trinajstić information content (AvgIpc) is 2.53. The highest BCUT2D eigenvalue weighted by atomic mass is 16.1. The molecule has 0 spiro atoms. The summed E-state index contributed by atoms with van der Waals surface area (Å²) in [4.78, 5) is 26.0. The van der Waals surface area contributed by atoms with Crippen molar-refractivity contribution in [3.63, 3.8) is 0 Å². The SMILES string of the molecule is CNC(=O)CNc1nc(NN)nc(N2CCCCC2)n1. The maximum atomic E-state index is 11.2. The molecular weight excluding hydrogens is 260 g/mol. The normalized spacial score (nSPS) is 14.8. The number of piperidine rings is 1. The number of nitrogens with one attached hydrogen (secondary N) is 3. The first-order chi connectivity index (χ1) is 9.72. The van der Waals surface area contributed by atoms with Gasteiger partial charge in [-0.05, 0) is 19.3 Å². The first-order valence-corrected chi connectivity index (χ1v) is 6.65. The highest BCUT2D eigenvalue weighted by molar-refractivity contribution is 5.79. The number of carbonyl (C=O) groups is 1. The fourth-order valence-electron chi connectivity index (χ4n) is 1.99. The number of nitrogen functional groups attached to an aromatic ring is 1. The van der Waals surface area contributed by atoms with Crippen LogP contribution in [0.25, 0.3) is 0 Å². The van der Waals surface area contributed by atoms with Crippen LogP contribution in [0.5, 0.6) is 0 Å².